The average Bonchev–Trinajstić information content (AvgIpc) is 2.82. The van der Waals surface area contributed by atoms with E-state index in [2.05, 4.69) is 10.6 Å². The van der Waals surface area contributed by atoms with Gasteiger partial charge in [-0.05, 0) is 56.0 Å². The summed E-state index contributed by atoms with van der Waals surface area (Å²) in [5.74, 6) is 0.101. The Bertz CT molecular complexity index is 941. The van der Waals surface area contributed by atoms with Gasteiger partial charge in [0.25, 0.3) is 5.91 Å². The summed E-state index contributed by atoms with van der Waals surface area (Å²) in [5.41, 5.74) is 1.37. The molecule has 2 amide bonds. The lowest BCUT2D eigenvalue weighted by atomic mass is 9.89. The van der Waals surface area contributed by atoms with E-state index in [0.717, 1.165) is 11.4 Å². The van der Waals surface area contributed by atoms with Crippen molar-refractivity contribution in [1.82, 2.24) is 5.32 Å². The van der Waals surface area contributed by atoms with Crippen molar-refractivity contribution in [2.24, 2.45) is 5.92 Å². The van der Waals surface area contributed by atoms with E-state index in [-0.39, 0.29) is 24.2 Å². The zero-order valence-corrected chi connectivity index (χ0v) is 19.2. The SMILES string of the molecule is CCOC(=O)c1cccc(NC(=O)c2ccccc2SCC(=O)NCC2CCCCC2)c1. The zero-order chi connectivity index (χ0) is 22.8. The first-order valence-corrected chi connectivity index (χ1v) is 12.1. The molecule has 32 heavy (non-hydrogen) atoms. The van der Waals surface area contributed by atoms with Crippen molar-refractivity contribution in [3.63, 3.8) is 0 Å². The lowest BCUT2D eigenvalue weighted by Crippen LogP contribution is -2.31. The fourth-order valence-electron chi connectivity index (χ4n) is 3.76. The molecule has 1 fully saturated rings. The van der Waals surface area contributed by atoms with Crippen LogP contribution in [0.5, 0.6) is 0 Å². The molecule has 1 aliphatic rings. The third-order valence-electron chi connectivity index (χ3n) is 5.43. The summed E-state index contributed by atoms with van der Waals surface area (Å²) in [6, 6.07) is 13.8. The van der Waals surface area contributed by atoms with Crippen LogP contribution in [0.25, 0.3) is 0 Å². The predicted octanol–water partition coefficient (Wildman–Crippen LogP) is 4.90. The van der Waals surface area contributed by atoms with Crippen molar-refractivity contribution in [2.75, 3.05) is 24.2 Å². The molecule has 7 heteroatoms. The molecule has 0 bridgehead atoms. The molecule has 6 nitrogen and oxygen atoms in total. The summed E-state index contributed by atoms with van der Waals surface area (Å²) in [7, 11) is 0. The van der Waals surface area contributed by atoms with Gasteiger partial charge in [0.15, 0.2) is 0 Å². The van der Waals surface area contributed by atoms with Crippen LogP contribution in [0, 0.1) is 5.92 Å². The summed E-state index contributed by atoms with van der Waals surface area (Å²) in [6.45, 7) is 2.76. The Kier molecular flexibility index (Phi) is 9.16. The van der Waals surface area contributed by atoms with E-state index in [0.29, 0.717) is 22.7 Å². The molecule has 2 aromatic carbocycles. The van der Waals surface area contributed by atoms with E-state index in [1.54, 1.807) is 43.3 Å². The molecule has 0 atom stereocenters. The van der Waals surface area contributed by atoms with E-state index >= 15 is 0 Å². The fraction of sp³-hybridized carbons (Fsp3) is 0.400. The van der Waals surface area contributed by atoms with E-state index in [9.17, 15) is 14.4 Å². The zero-order valence-electron chi connectivity index (χ0n) is 18.4. The number of rotatable bonds is 9. The Morgan fingerprint density at radius 1 is 1.03 bits per heavy atom. The van der Waals surface area contributed by atoms with Crippen molar-refractivity contribution in [1.29, 1.82) is 0 Å². The monoisotopic (exact) mass is 454 g/mol. The molecule has 3 rings (SSSR count). The van der Waals surface area contributed by atoms with Crippen molar-refractivity contribution in [2.45, 2.75) is 43.9 Å². The molecule has 0 aliphatic heterocycles. The number of benzene rings is 2. The third-order valence-corrected chi connectivity index (χ3v) is 6.51. The minimum atomic E-state index is -0.432. The number of hydrogen-bond donors (Lipinski definition) is 2. The molecule has 2 N–H and O–H groups in total. The lowest BCUT2D eigenvalue weighted by molar-refractivity contribution is -0.118. The molecule has 170 valence electrons. The van der Waals surface area contributed by atoms with Crippen LogP contribution in [0.1, 0.15) is 59.7 Å². The van der Waals surface area contributed by atoms with Gasteiger partial charge in [-0.25, -0.2) is 4.79 Å². The highest BCUT2D eigenvalue weighted by Crippen LogP contribution is 2.25. The largest absolute Gasteiger partial charge is 0.462 e. The number of amides is 2. The van der Waals surface area contributed by atoms with Crippen LogP contribution in [0.15, 0.2) is 53.4 Å². The molecular formula is C25H30N2O4S. The smallest absolute Gasteiger partial charge is 0.338 e. The maximum atomic E-state index is 12.9. The number of nitrogens with one attached hydrogen (secondary N) is 2. The summed E-state index contributed by atoms with van der Waals surface area (Å²) < 4.78 is 5.01. The lowest BCUT2D eigenvalue weighted by Gasteiger charge is -2.21. The molecule has 2 aromatic rings. The highest BCUT2D eigenvalue weighted by Gasteiger charge is 2.16. The molecule has 0 unspecified atom stereocenters. The van der Waals surface area contributed by atoms with Crippen LogP contribution >= 0.6 is 11.8 Å². The van der Waals surface area contributed by atoms with Crippen molar-refractivity contribution in [3.05, 3.63) is 59.7 Å². The summed E-state index contributed by atoms with van der Waals surface area (Å²) in [4.78, 5) is 37.9. The highest BCUT2D eigenvalue weighted by molar-refractivity contribution is 8.00. The Morgan fingerprint density at radius 3 is 2.59 bits per heavy atom. The second-order valence-electron chi connectivity index (χ2n) is 7.85. The fourth-order valence-corrected chi connectivity index (χ4v) is 4.64. The van der Waals surface area contributed by atoms with Crippen LogP contribution in [-0.2, 0) is 9.53 Å². The quantitative estimate of drug-likeness (QED) is 0.416. The van der Waals surface area contributed by atoms with Gasteiger partial charge in [-0.2, -0.15) is 0 Å². The maximum absolute atomic E-state index is 12.9. The van der Waals surface area contributed by atoms with Crippen molar-refractivity contribution >= 4 is 35.2 Å². The molecule has 0 radical (unpaired) electrons. The maximum Gasteiger partial charge on any atom is 0.338 e. The van der Waals surface area contributed by atoms with Gasteiger partial charge in [0.05, 0.1) is 23.5 Å². The van der Waals surface area contributed by atoms with Crippen LogP contribution in [0.4, 0.5) is 5.69 Å². The number of esters is 1. The van der Waals surface area contributed by atoms with Crippen molar-refractivity contribution in [3.8, 4) is 0 Å². The Hall–Kier alpha value is -2.80. The number of ether oxygens (including phenoxy) is 1. The van der Waals surface area contributed by atoms with Crippen LogP contribution in [0.3, 0.4) is 0 Å². The van der Waals surface area contributed by atoms with E-state index in [1.807, 2.05) is 12.1 Å². The normalized spacial score (nSPS) is 13.9. The molecule has 0 heterocycles. The summed E-state index contributed by atoms with van der Waals surface area (Å²) in [5, 5.41) is 5.87. The van der Waals surface area contributed by atoms with Crippen LogP contribution in [-0.4, -0.2) is 36.7 Å². The van der Waals surface area contributed by atoms with Gasteiger partial charge < -0.3 is 15.4 Å². The second kappa shape index (κ2) is 12.3. The van der Waals surface area contributed by atoms with Crippen LogP contribution < -0.4 is 10.6 Å². The minimum Gasteiger partial charge on any atom is -0.462 e. The molecule has 0 saturated heterocycles. The number of hydrogen-bond acceptors (Lipinski definition) is 5. The van der Waals surface area contributed by atoms with Crippen molar-refractivity contribution < 1.29 is 19.1 Å². The van der Waals surface area contributed by atoms with E-state index < -0.39 is 5.97 Å². The number of carbonyl (C=O) groups excluding carboxylic acids is 3. The Balaban J connectivity index is 1.57. The van der Waals surface area contributed by atoms with Gasteiger partial charge in [0.2, 0.25) is 5.91 Å². The topological polar surface area (TPSA) is 84.5 Å². The van der Waals surface area contributed by atoms with E-state index in [4.69, 9.17) is 4.74 Å². The molecule has 0 spiro atoms. The Morgan fingerprint density at radius 2 is 1.81 bits per heavy atom. The van der Waals surface area contributed by atoms with Gasteiger partial charge in [-0.15, -0.1) is 11.8 Å². The summed E-state index contributed by atoms with van der Waals surface area (Å²) in [6.07, 6.45) is 6.18. The van der Waals surface area contributed by atoms with E-state index in [1.165, 1.54) is 43.9 Å². The Labute approximate surface area is 193 Å². The number of anilines is 1. The first-order valence-electron chi connectivity index (χ1n) is 11.1. The predicted molar refractivity (Wildman–Crippen MR) is 127 cm³/mol. The standard InChI is InChI=1S/C25H30N2O4S/c1-2-31-25(30)19-11-8-12-20(15-19)27-24(29)21-13-6-7-14-22(21)32-17-23(28)26-16-18-9-4-3-5-10-18/h6-8,11-15,18H,2-5,9-10,16-17H2,1H3,(H,26,28)(H,27,29). The number of carbonyl (C=O) groups is 3. The highest BCUT2D eigenvalue weighted by atomic mass is 32.2. The number of thioether (sulfide) groups is 1. The molecule has 1 aliphatic carbocycles. The minimum absolute atomic E-state index is 0.0158. The summed E-state index contributed by atoms with van der Waals surface area (Å²) >= 11 is 1.35. The second-order valence-corrected chi connectivity index (χ2v) is 8.87. The molecular weight excluding hydrogens is 424 g/mol. The average molecular weight is 455 g/mol. The first kappa shape index (κ1) is 23.9. The van der Waals surface area contributed by atoms with Gasteiger partial charge >= 0.3 is 5.97 Å². The van der Waals surface area contributed by atoms with Gasteiger partial charge in [-0.3, -0.25) is 9.59 Å². The molecule has 1 saturated carbocycles. The van der Waals surface area contributed by atoms with Gasteiger partial charge in [-0.1, -0.05) is 37.5 Å². The van der Waals surface area contributed by atoms with Gasteiger partial charge in [0, 0.05) is 17.1 Å². The van der Waals surface area contributed by atoms with Gasteiger partial charge in [0.1, 0.15) is 0 Å². The van der Waals surface area contributed by atoms with Crippen LogP contribution in [0.2, 0.25) is 0 Å². The first-order chi connectivity index (χ1) is 15.6. The third kappa shape index (κ3) is 7.12. The molecule has 0 aromatic heterocycles.